The Labute approximate surface area is 287 Å². The minimum atomic E-state index is -0.555. The van der Waals surface area contributed by atoms with Gasteiger partial charge in [0, 0.05) is 68.1 Å². The van der Waals surface area contributed by atoms with Crippen LogP contribution in [0.5, 0.6) is 0 Å². The second-order valence-corrected chi connectivity index (χ2v) is 14.0. The molecule has 12 heteroatoms. The van der Waals surface area contributed by atoms with Crippen LogP contribution in [0.25, 0.3) is 11.1 Å². The average Bonchev–Trinajstić information content (AvgIpc) is 3.62. The standard InChI is InChI=1S/C37H46N8O4/c1-37(2,3)49-36(48)40-20-25-8-12-27(13-9-25)32(46)19-29(34(47)43-31-16-14-28(15-17-31)33-41-23-42-44-33)18-24-6-10-26(11-7-24)30-21-38-35(39-22-30)45(4)5/h6-7,10-11,14-17,21-22,25,27,29H,8-9,12-13,18-20,23H2,1-5H3,(H,40,48)(H,43,47)/t25?,27?,29-/m1/s1. The van der Waals surface area contributed by atoms with Crippen molar-refractivity contribution >= 4 is 35.3 Å². The van der Waals surface area contributed by atoms with E-state index in [-0.39, 0.29) is 24.0 Å². The van der Waals surface area contributed by atoms with Crippen molar-refractivity contribution in [3.05, 3.63) is 72.1 Å². The van der Waals surface area contributed by atoms with Crippen molar-refractivity contribution in [1.82, 2.24) is 15.3 Å². The van der Waals surface area contributed by atoms with Gasteiger partial charge < -0.3 is 20.3 Å². The highest BCUT2D eigenvalue weighted by atomic mass is 16.6. The van der Waals surface area contributed by atoms with Gasteiger partial charge in [0.2, 0.25) is 11.9 Å². The minimum absolute atomic E-state index is 0.105. The number of nitrogens with one attached hydrogen (secondary N) is 2. The summed E-state index contributed by atoms with van der Waals surface area (Å²) in [6.45, 7) is 6.36. The Morgan fingerprint density at radius 1 is 0.898 bits per heavy atom. The Kier molecular flexibility index (Phi) is 11.5. The van der Waals surface area contributed by atoms with Crippen LogP contribution in [0.1, 0.15) is 64.0 Å². The minimum Gasteiger partial charge on any atom is -0.444 e. The number of hydrogen-bond acceptors (Lipinski definition) is 10. The molecule has 2 N–H and O–H groups in total. The highest BCUT2D eigenvalue weighted by Gasteiger charge is 2.31. The summed E-state index contributed by atoms with van der Waals surface area (Å²) in [4.78, 5) is 54.4. The van der Waals surface area contributed by atoms with Gasteiger partial charge in [0.15, 0.2) is 12.5 Å². The van der Waals surface area contributed by atoms with Crippen molar-refractivity contribution in [2.75, 3.05) is 37.5 Å². The van der Waals surface area contributed by atoms with Gasteiger partial charge in [-0.1, -0.05) is 24.3 Å². The fourth-order valence-electron chi connectivity index (χ4n) is 6.04. The SMILES string of the molecule is CN(C)c1ncc(-c2ccc(C[C@H](CC(=O)C3CCC(CNC(=O)OC(C)(C)C)CC3)C(=O)Nc3ccc(C4=NCN=N4)cc3)cc2)cn1. The Balaban J connectivity index is 1.23. The Bertz CT molecular complexity index is 1650. The fraction of sp³-hybridized carbons (Fsp3) is 0.459. The maximum atomic E-state index is 13.8. The van der Waals surface area contributed by atoms with Gasteiger partial charge in [-0.25, -0.2) is 19.8 Å². The van der Waals surface area contributed by atoms with Crippen LogP contribution in [0.15, 0.2) is 76.1 Å². The summed E-state index contributed by atoms with van der Waals surface area (Å²) in [6.07, 6.45) is 6.87. The molecule has 2 heterocycles. The number of carbonyl (C=O) groups excluding carboxylic acids is 3. The molecule has 1 aliphatic carbocycles. The maximum absolute atomic E-state index is 13.8. The Morgan fingerprint density at radius 2 is 1.55 bits per heavy atom. The van der Waals surface area contributed by atoms with Crippen LogP contribution in [0.4, 0.5) is 16.4 Å². The van der Waals surface area contributed by atoms with E-state index in [2.05, 4.69) is 35.8 Å². The zero-order valence-electron chi connectivity index (χ0n) is 29.0. The summed E-state index contributed by atoms with van der Waals surface area (Å²) in [5.74, 6) is 0.733. The van der Waals surface area contributed by atoms with E-state index in [1.807, 2.05) is 88.3 Å². The lowest BCUT2D eigenvalue weighted by Crippen LogP contribution is -2.37. The van der Waals surface area contributed by atoms with E-state index in [0.29, 0.717) is 43.0 Å². The lowest BCUT2D eigenvalue weighted by Gasteiger charge is -2.29. The number of alkyl carbamates (subject to hydrolysis) is 1. The molecule has 2 amide bonds. The van der Waals surface area contributed by atoms with E-state index in [1.165, 1.54) is 0 Å². The molecule has 258 valence electrons. The van der Waals surface area contributed by atoms with Gasteiger partial charge in [-0.15, -0.1) is 5.11 Å². The predicted molar refractivity (Wildman–Crippen MR) is 190 cm³/mol. The molecule has 1 fully saturated rings. The number of benzene rings is 2. The number of ether oxygens (including phenoxy) is 1. The number of nitrogens with zero attached hydrogens (tertiary/aromatic N) is 6. The number of aromatic nitrogens is 2. The zero-order chi connectivity index (χ0) is 35.0. The third kappa shape index (κ3) is 10.2. The number of ketones is 1. The topological polar surface area (TPSA) is 151 Å². The van der Waals surface area contributed by atoms with Gasteiger partial charge in [0.25, 0.3) is 0 Å². The van der Waals surface area contributed by atoms with Crippen LogP contribution in [-0.2, 0) is 20.7 Å². The van der Waals surface area contributed by atoms with Gasteiger partial charge in [-0.2, -0.15) is 5.11 Å². The zero-order valence-corrected chi connectivity index (χ0v) is 29.0. The number of amides is 2. The lowest BCUT2D eigenvalue weighted by atomic mass is 9.77. The highest BCUT2D eigenvalue weighted by Crippen LogP contribution is 2.32. The smallest absolute Gasteiger partial charge is 0.407 e. The van der Waals surface area contributed by atoms with Crippen LogP contribution >= 0.6 is 0 Å². The summed E-state index contributed by atoms with van der Waals surface area (Å²) in [5, 5.41) is 13.8. The molecule has 3 aromatic rings. The Hall–Kier alpha value is -5.00. The summed E-state index contributed by atoms with van der Waals surface area (Å²) in [5.41, 5.74) is 3.73. The summed E-state index contributed by atoms with van der Waals surface area (Å²) >= 11 is 0. The van der Waals surface area contributed by atoms with E-state index >= 15 is 0 Å². The van der Waals surface area contributed by atoms with E-state index in [4.69, 9.17) is 4.74 Å². The number of anilines is 2. The van der Waals surface area contributed by atoms with Crippen molar-refractivity contribution in [3.63, 3.8) is 0 Å². The van der Waals surface area contributed by atoms with Crippen molar-refractivity contribution in [1.29, 1.82) is 0 Å². The van der Waals surface area contributed by atoms with Crippen molar-refractivity contribution < 1.29 is 19.1 Å². The lowest BCUT2D eigenvalue weighted by molar-refractivity contribution is -0.129. The predicted octanol–water partition coefficient (Wildman–Crippen LogP) is 6.47. The molecular weight excluding hydrogens is 620 g/mol. The van der Waals surface area contributed by atoms with Gasteiger partial charge in [-0.3, -0.25) is 9.59 Å². The molecule has 1 saturated carbocycles. The Morgan fingerprint density at radius 3 is 2.14 bits per heavy atom. The monoisotopic (exact) mass is 666 g/mol. The number of azo groups is 1. The molecule has 0 saturated heterocycles. The molecule has 5 rings (SSSR count). The first-order valence-corrected chi connectivity index (χ1v) is 16.8. The summed E-state index contributed by atoms with van der Waals surface area (Å²) in [7, 11) is 3.79. The van der Waals surface area contributed by atoms with E-state index in [0.717, 1.165) is 47.9 Å². The molecule has 1 atom stereocenters. The number of aliphatic imine (C=N–C) groups is 1. The second kappa shape index (κ2) is 15.9. The average molecular weight is 667 g/mol. The number of amidine groups is 1. The third-order valence-electron chi connectivity index (χ3n) is 8.72. The molecule has 2 aromatic carbocycles. The van der Waals surface area contributed by atoms with Gasteiger partial charge in [-0.05, 0) is 94.2 Å². The third-order valence-corrected chi connectivity index (χ3v) is 8.72. The van der Waals surface area contributed by atoms with Crippen LogP contribution in [0.2, 0.25) is 0 Å². The van der Waals surface area contributed by atoms with Gasteiger partial charge >= 0.3 is 6.09 Å². The first kappa shape index (κ1) is 35.3. The number of rotatable bonds is 12. The summed E-state index contributed by atoms with van der Waals surface area (Å²) in [6, 6.07) is 15.3. The molecule has 49 heavy (non-hydrogen) atoms. The normalized spacial score (nSPS) is 17.9. The fourth-order valence-corrected chi connectivity index (χ4v) is 6.04. The van der Waals surface area contributed by atoms with Crippen molar-refractivity contribution in [2.24, 2.45) is 33.0 Å². The van der Waals surface area contributed by atoms with Crippen LogP contribution in [0.3, 0.4) is 0 Å². The van der Waals surface area contributed by atoms with Crippen molar-refractivity contribution in [2.45, 2.75) is 64.9 Å². The van der Waals surface area contributed by atoms with Crippen LogP contribution in [-0.4, -0.2) is 66.5 Å². The van der Waals surface area contributed by atoms with E-state index in [9.17, 15) is 14.4 Å². The summed E-state index contributed by atoms with van der Waals surface area (Å²) < 4.78 is 5.35. The molecule has 0 radical (unpaired) electrons. The van der Waals surface area contributed by atoms with Gasteiger partial charge in [0.05, 0.1) is 0 Å². The molecule has 2 aliphatic rings. The van der Waals surface area contributed by atoms with E-state index in [1.54, 1.807) is 12.4 Å². The number of hydrogen-bond donors (Lipinski definition) is 2. The molecule has 1 aromatic heterocycles. The molecule has 0 unspecified atom stereocenters. The van der Waals surface area contributed by atoms with Crippen molar-refractivity contribution in [3.8, 4) is 11.1 Å². The molecular formula is C37H46N8O4. The number of carbonyl (C=O) groups is 3. The number of Topliss-reactive ketones (excluding diaryl/α,β-unsaturated/α-hetero) is 1. The maximum Gasteiger partial charge on any atom is 0.407 e. The molecule has 1 aliphatic heterocycles. The van der Waals surface area contributed by atoms with E-state index < -0.39 is 17.6 Å². The molecule has 0 bridgehead atoms. The quantitative estimate of drug-likeness (QED) is 0.225. The molecule has 0 spiro atoms. The molecule has 12 nitrogen and oxygen atoms in total. The largest absolute Gasteiger partial charge is 0.444 e. The second-order valence-electron chi connectivity index (χ2n) is 14.0. The van der Waals surface area contributed by atoms with Gasteiger partial charge in [0.1, 0.15) is 11.4 Å². The van der Waals surface area contributed by atoms with Crippen LogP contribution in [0, 0.1) is 17.8 Å². The van der Waals surface area contributed by atoms with Crippen LogP contribution < -0.4 is 15.5 Å². The first-order valence-electron chi connectivity index (χ1n) is 16.8. The highest BCUT2D eigenvalue weighted by molar-refractivity contribution is 6.01. The first-order chi connectivity index (χ1) is 23.4.